The predicted octanol–water partition coefficient (Wildman–Crippen LogP) is 3.89. The molecule has 32 heavy (non-hydrogen) atoms. The molecule has 0 saturated heterocycles. The van der Waals surface area contributed by atoms with Crippen molar-refractivity contribution in [3.8, 4) is 11.3 Å². The van der Waals surface area contributed by atoms with E-state index in [1.807, 2.05) is 25.1 Å². The molecule has 3 aromatic heterocycles. The van der Waals surface area contributed by atoms with Crippen LogP contribution >= 0.6 is 11.8 Å². The van der Waals surface area contributed by atoms with Gasteiger partial charge < -0.3 is 14.6 Å². The number of hydrogen-bond acceptors (Lipinski definition) is 6. The highest BCUT2D eigenvalue weighted by atomic mass is 32.2. The average Bonchev–Trinajstić information content (AvgIpc) is 3.15. The zero-order valence-corrected chi connectivity index (χ0v) is 18.5. The van der Waals surface area contributed by atoms with E-state index in [-0.39, 0.29) is 18.1 Å². The van der Waals surface area contributed by atoms with Crippen LogP contribution in [-0.4, -0.2) is 56.5 Å². The van der Waals surface area contributed by atoms with Crippen molar-refractivity contribution < 1.29 is 13.6 Å². The van der Waals surface area contributed by atoms with Gasteiger partial charge in [-0.1, -0.05) is 0 Å². The van der Waals surface area contributed by atoms with Gasteiger partial charge in [-0.25, -0.2) is 13.8 Å². The summed E-state index contributed by atoms with van der Waals surface area (Å²) >= 11 is 1.31. The van der Waals surface area contributed by atoms with Gasteiger partial charge in [0.2, 0.25) is 5.91 Å². The number of halogens is 2. The summed E-state index contributed by atoms with van der Waals surface area (Å²) in [6, 6.07) is 0. The lowest BCUT2D eigenvalue weighted by Crippen LogP contribution is -2.18. The van der Waals surface area contributed by atoms with Crippen molar-refractivity contribution in [2.24, 2.45) is 5.92 Å². The molecule has 0 bridgehead atoms. The lowest BCUT2D eigenvalue weighted by atomic mass is 10.0. The van der Waals surface area contributed by atoms with Crippen LogP contribution in [-0.2, 0) is 4.79 Å². The highest BCUT2D eigenvalue weighted by Gasteiger charge is 2.43. The first-order valence-electron chi connectivity index (χ1n) is 10.2. The Morgan fingerprint density at radius 3 is 2.88 bits per heavy atom. The number of nitrogens with zero attached hydrogens (tertiary/aromatic N) is 5. The van der Waals surface area contributed by atoms with E-state index in [1.54, 1.807) is 29.2 Å². The van der Waals surface area contributed by atoms with E-state index in [0.717, 1.165) is 5.39 Å². The first kappa shape index (κ1) is 20.7. The minimum Gasteiger partial charge on any atom is -0.371 e. The third kappa shape index (κ3) is 3.27. The van der Waals surface area contributed by atoms with Gasteiger partial charge in [0, 0.05) is 30.7 Å². The number of fused-ring (bicyclic) bond motifs is 2. The molecular formula is C21H21F2N7OS. The molecule has 1 aliphatic rings. The van der Waals surface area contributed by atoms with Crippen molar-refractivity contribution in [1.82, 2.24) is 24.6 Å². The Labute approximate surface area is 186 Å². The second kappa shape index (κ2) is 7.73. The first-order chi connectivity index (χ1) is 15.4. The normalized spacial score (nSPS) is 17.8. The molecule has 0 aliphatic heterocycles. The van der Waals surface area contributed by atoms with E-state index in [4.69, 9.17) is 0 Å². The maximum absolute atomic E-state index is 15.6. The molecule has 0 spiro atoms. The SMILES string of the molecule is CCN(C)c1c(F)c(SC)c(-c2cn3cc(NC(=O)C4CC4F)nc3cn2)c2cn[nH]c12. The van der Waals surface area contributed by atoms with Gasteiger partial charge >= 0.3 is 0 Å². The number of rotatable bonds is 6. The summed E-state index contributed by atoms with van der Waals surface area (Å²) < 4.78 is 30.4. The van der Waals surface area contributed by atoms with E-state index in [9.17, 15) is 9.18 Å². The van der Waals surface area contributed by atoms with Gasteiger partial charge in [0.05, 0.1) is 46.3 Å². The first-order valence-corrected chi connectivity index (χ1v) is 11.4. The highest BCUT2D eigenvalue weighted by Crippen LogP contribution is 2.43. The van der Waals surface area contributed by atoms with Crippen LogP contribution in [0.1, 0.15) is 13.3 Å². The molecule has 0 radical (unpaired) electrons. The maximum atomic E-state index is 15.6. The zero-order valence-electron chi connectivity index (χ0n) is 17.7. The molecule has 11 heteroatoms. The Morgan fingerprint density at radius 2 is 2.19 bits per heavy atom. The molecule has 1 fully saturated rings. The minimum absolute atomic E-state index is 0.248. The van der Waals surface area contributed by atoms with Crippen molar-refractivity contribution in [1.29, 1.82) is 0 Å². The quantitative estimate of drug-likeness (QED) is 0.427. The number of alkyl halides is 1. The molecule has 166 valence electrons. The van der Waals surface area contributed by atoms with Gasteiger partial charge in [-0.3, -0.25) is 14.9 Å². The standard InChI is InChI=1S/C21H21F2N7OS/c1-4-29(2)19-17(23)20(32-3)16(11-6-25-28-18(11)19)13-8-30-9-14(26-15(30)7-24-13)27-21(31)10-5-12(10)22/h6-10,12H,4-5H2,1-3H3,(H,25,28)(H,27,31). The number of hydrogen-bond donors (Lipinski definition) is 2. The largest absolute Gasteiger partial charge is 0.371 e. The number of imidazole rings is 1. The molecule has 1 amide bonds. The number of anilines is 2. The topological polar surface area (TPSA) is 91.2 Å². The van der Waals surface area contributed by atoms with Crippen molar-refractivity contribution in [2.45, 2.75) is 24.4 Å². The molecule has 2 atom stereocenters. The third-order valence-electron chi connectivity index (χ3n) is 5.74. The molecule has 1 aromatic carbocycles. The van der Waals surface area contributed by atoms with E-state index >= 15 is 4.39 Å². The summed E-state index contributed by atoms with van der Waals surface area (Å²) in [6.45, 7) is 2.59. The number of H-pyrrole nitrogens is 1. The van der Waals surface area contributed by atoms with E-state index in [1.165, 1.54) is 11.8 Å². The number of nitrogens with one attached hydrogen (secondary N) is 2. The number of carbonyl (C=O) groups excluding carboxylic acids is 1. The average molecular weight is 458 g/mol. The van der Waals surface area contributed by atoms with Crippen LogP contribution in [0.2, 0.25) is 0 Å². The van der Waals surface area contributed by atoms with Gasteiger partial charge in [0.1, 0.15) is 6.17 Å². The van der Waals surface area contributed by atoms with Gasteiger partial charge in [-0.2, -0.15) is 5.10 Å². The molecule has 3 heterocycles. The molecular weight excluding hydrogens is 436 g/mol. The number of thioether (sulfide) groups is 1. The predicted molar refractivity (Wildman–Crippen MR) is 120 cm³/mol. The van der Waals surface area contributed by atoms with Crippen LogP contribution in [0.25, 0.3) is 27.8 Å². The maximum Gasteiger partial charge on any atom is 0.231 e. The fourth-order valence-electron chi connectivity index (χ4n) is 3.81. The van der Waals surface area contributed by atoms with Crippen LogP contribution in [0.15, 0.2) is 29.7 Å². The fraction of sp³-hybridized carbons (Fsp3) is 0.333. The Morgan fingerprint density at radius 1 is 1.41 bits per heavy atom. The summed E-state index contributed by atoms with van der Waals surface area (Å²) in [6.07, 6.45) is 7.59. The fourth-order valence-corrected chi connectivity index (χ4v) is 4.51. The summed E-state index contributed by atoms with van der Waals surface area (Å²) in [5, 5.41) is 10.5. The molecule has 1 aliphatic carbocycles. The van der Waals surface area contributed by atoms with Crippen molar-refractivity contribution in [2.75, 3.05) is 30.1 Å². The Hall–Kier alpha value is -3.21. The molecule has 4 aromatic rings. The monoisotopic (exact) mass is 457 g/mol. The van der Waals surface area contributed by atoms with E-state index in [0.29, 0.717) is 45.4 Å². The summed E-state index contributed by atoms with van der Waals surface area (Å²) in [5.41, 5.74) is 2.75. The second-order valence-corrected chi connectivity index (χ2v) is 8.57. The number of benzene rings is 1. The van der Waals surface area contributed by atoms with Crippen LogP contribution in [0.3, 0.4) is 0 Å². The smallest absolute Gasteiger partial charge is 0.231 e. The van der Waals surface area contributed by atoms with Gasteiger partial charge in [0.25, 0.3) is 0 Å². The van der Waals surface area contributed by atoms with Crippen molar-refractivity contribution in [3.05, 3.63) is 30.6 Å². The van der Waals surface area contributed by atoms with Crippen LogP contribution < -0.4 is 10.2 Å². The van der Waals surface area contributed by atoms with Crippen LogP contribution in [0.5, 0.6) is 0 Å². The Balaban J connectivity index is 1.61. The van der Waals surface area contributed by atoms with Crippen LogP contribution in [0.4, 0.5) is 20.3 Å². The van der Waals surface area contributed by atoms with E-state index < -0.39 is 12.1 Å². The van der Waals surface area contributed by atoms with Gasteiger partial charge in [0.15, 0.2) is 17.3 Å². The number of aromatic amines is 1. The van der Waals surface area contributed by atoms with Crippen molar-refractivity contribution >= 4 is 45.7 Å². The second-order valence-electron chi connectivity index (χ2n) is 7.76. The summed E-state index contributed by atoms with van der Waals surface area (Å²) in [7, 11) is 1.83. The molecule has 2 unspecified atom stereocenters. The van der Waals surface area contributed by atoms with E-state index in [2.05, 4.69) is 25.5 Å². The lowest BCUT2D eigenvalue weighted by Gasteiger charge is -2.21. The van der Waals surface area contributed by atoms with Crippen molar-refractivity contribution in [3.63, 3.8) is 0 Å². The summed E-state index contributed by atoms with van der Waals surface area (Å²) in [4.78, 5) is 23.2. The molecule has 8 nitrogen and oxygen atoms in total. The Kier molecular flexibility index (Phi) is 5.00. The van der Waals surface area contributed by atoms with Gasteiger partial charge in [-0.05, 0) is 19.6 Å². The van der Waals surface area contributed by atoms with Crippen LogP contribution in [0, 0.1) is 11.7 Å². The number of amides is 1. The zero-order chi connectivity index (χ0) is 22.6. The molecule has 5 rings (SSSR count). The molecule has 1 saturated carbocycles. The third-order valence-corrected chi connectivity index (χ3v) is 6.53. The Bertz CT molecular complexity index is 1350. The number of carbonyl (C=O) groups is 1. The number of aromatic nitrogens is 5. The summed E-state index contributed by atoms with van der Waals surface area (Å²) in [5.74, 6) is -0.997. The highest BCUT2D eigenvalue weighted by molar-refractivity contribution is 7.98. The van der Waals surface area contributed by atoms with Gasteiger partial charge in [-0.15, -0.1) is 11.8 Å². The minimum atomic E-state index is -1.08. The lowest BCUT2D eigenvalue weighted by molar-refractivity contribution is -0.117. The molecule has 2 N–H and O–H groups in total.